The number of anilines is 1. The molecular weight excluding hydrogens is 512 g/mol. The van der Waals surface area contributed by atoms with E-state index in [0.717, 1.165) is 11.3 Å². The van der Waals surface area contributed by atoms with Crippen molar-refractivity contribution in [2.45, 2.75) is 9.10 Å². The Balaban J connectivity index is 1.44. The van der Waals surface area contributed by atoms with Gasteiger partial charge in [0.15, 0.2) is 0 Å². The molecule has 4 rings (SSSR count). The van der Waals surface area contributed by atoms with Crippen molar-refractivity contribution in [2.24, 2.45) is 10.2 Å². The second kappa shape index (κ2) is 9.84. The van der Waals surface area contributed by atoms with Crippen molar-refractivity contribution in [3.8, 4) is 11.3 Å². The number of nitrogens with one attached hydrogen (secondary N) is 2. The number of benzene rings is 2. The van der Waals surface area contributed by atoms with Crippen molar-refractivity contribution in [2.75, 3.05) is 4.72 Å². The Morgan fingerprint density at radius 3 is 2.37 bits per heavy atom. The molecule has 0 aliphatic heterocycles. The van der Waals surface area contributed by atoms with E-state index in [1.54, 1.807) is 47.8 Å². The molecule has 13 heteroatoms. The zero-order chi connectivity index (χ0) is 25.1. The van der Waals surface area contributed by atoms with Crippen LogP contribution in [0.15, 0.2) is 96.8 Å². The van der Waals surface area contributed by atoms with Gasteiger partial charge in [0.25, 0.3) is 15.9 Å². The van der Waals surface area contributed by atoms with E-state index in [1.807, 2.05) is 0 Å². The van der Waals surface area contributed by atoms with E-state index in [0.29, 0.717) is 17.1 Å². The van der Waals surface area contributed by atoms with E-state index in [4.69, 9.17) is 9.56 Å². The number of carbonyl (C=O) groups is 1. The molecule has 0 fully saturated rings. The Bertz CT molecular complexity index is 1590. The topological polar surface area (TPSA) is 161 Å². The first kappa shape index (κ1) is 24.3. The Hall–Kier alpha value is -3.78. The van der Waals surface area contributed by atoms with Crippen LogP contribution in [0.1, 0.15) is 16.1 Å². The van der Waals surface area contributed by atoms with Crippen molar-refractivity contribution < 1.29 is 26.0 Å². The van der Waals surface area contributed by atoms with Gasteiger partial charge in [0.2, 0.25) is 10.0 Å². The van der Waals surface area contributed by atoms with Gasteiger partial charge in [-0.3, -0.25) is 9.52 Å². The fourth-order valence-corrected chi connectivity index (χ4v) is 5.57. The number of para-hydroxylation sites is 1. The molecule has 4 aromatic rings. The predicted octanol–water partition coefficient (Wildman–Crippen LogP) is 3.22. The summed E-state index contributed by atoms with van der Waals surface area (Å²) in [5.41, 5.74) is 3.15. The normalized spacial score (nSPS) is 12.0. The average Bonchev–Trinajstić information content (AvgIpc) is 3.52. The molecular formula is C22H18N4O6S3. The van der Waals surface area contributed by atoms with E-state index in [-0.39, 0.29) is 20.4 Å². The van der Waals surface area contributed by atoms with E-state index < -0.39 is 26.0 Å². The molecule has 0 atom stereocenters. The Morgan fingerprint density at radius 2 is 1.69 bits per heavy atom. The van der Waals surface area contributed by atoms with Crippen LogP contribution in [0, 0.1) is 0 Å². The quantitative estimate of drug-likeness (QED) is 0.234. The number of amides is 1. The average molecular weight is 531 g/mol. The van der Waals surface area contributed by atoms with Crippen LogP contribution in [0.2, 0.25) is 0 Å². The zero-order valence-electron chi connectivity index (χ0n) is 17.8. The highest BCUT2D eigenvalue weighted by Crippen LogP contribution is 2.24. The largest absolute Gasteiger partial charge is 0.455 e. The van der Waals surface area contributed by atoms with E-state index >= 15 is 0 Å². The van der Waals surface area contributed by atoms with Crippen molar-refractivity contribution in [3.63, 3.8) is 0 Å². The lowest BCUT2D eigenvalue weighted by molar-refractivity contribution is 0.0956. The molecule has 2 aromatic heterocycles. The highest BCUT2D eigenvalue weighted by molar-refractivity contribution is 7.94. The van der Waals surface area contributed by atoms with Gasteiger partial charge in [0.05, 0.1) is 22.4 Å². The number of nitrogens with zero attached hydrogens (tertiary/aromatic N) is 1. The van der Waals surface area contributed by atoms with Gasteiger partial charge in [-0.15, -0.1) is 11.3 Å². The van der Waals surface area contributed by atoms with Crippen LogP contribution in [-0.4, -0.2) is 29.0 Å². The first-order valence-electron chi connectivity index (χ1n) is 9.85. The number of thiophene rings is 1. The number of carbonyl (C=O) groups excluding carboxylic acids is 1. The van der Waals surface area contributed by atoms with Crippen molar-refractivity contribution >= 4 is 49.2 Å². The minimum absolute atomic E-state index is 0.0183. The lowest BCUT2D eigenvalue weighted by Gasteiger charge is -2.10. The highest BCUT2D eigenvalue weighted by atomic mass is 32.2. The van der Waals surface area contributed by atoms with Crippen LogP contribution in [-0.2, 0) is 20.0 Å². The highest BCUT2D eigenvalue weighted by Gasteiger charge is 2.19. The summed E-state index contributed by atoms with van der Waals surface area (Å²) >= 11 is 1.06. The standard InChI is InChI=1S/C22H18N4O6S3/c23-34(28,29)17-10-7-15(8-11-17)20-12-9-16(32-20)14-24-25-22(27)18-4-1-2-5-19(18)26-35(30,31)21-6-3-13-33-21/h1-14,26H,(H,25,27)(H2,23,28,29)/b24-14+. The number of nitrogens with two attached hydrogens (primary N) is 1. The minimum Gasteiger partial charge on any atom is -0.455 e. The second-order valence-corrected chi connectivity index (χ2v) is 11.5. The number of rotatable bonds is 8. The van der Waals surface area contributed by atoms with Crippen molar-refractivity contribution in [3.05, 3.63) is 89.5 Å². The molecule has 35 heavy (non-hydrogen) atoms. The molecule has 10 nitrogen and oxygen atoms in total. The summed E-state index contributed by atoms with van der Waals surface area (Å²) in [6, 6.07) is 18.3. The van der Waals surface area contributed by atoms with Crippen LogP contribution >= 0.6 is 11.3 Å². The van der Waals surface area contributed by atoms with Crippen LogP contribution in [0.3, 0.4) is 0 Å². The van der Waals surface area contributed by atoms with Gasteiger partial charge in [-0.2, -0.15) is 5.10 Å². The van der Waals surface area contributed by atoms with E-state index in [1.165, 1.54) is 36.5 Å². The molecule has 0 radical (unpaired) electrons. The molecule has 0 aliphatic carbocycles. The number of hydrazone groups is 1. The number of furan rings is 1. The van der Waals surface area contributed by atoms with Gasteiger partial charge >= 0.3 is 0 Å². The van der Waals surface area contributed by atoms with E-state index in [2.05, 4.69) is 15.2 Å². The molecule has 0 saturated heterocycles. The Labute approximate surface area is 205 Å². The number of hydrogen-bond acceptors (Lipinski definition) is 8. The maximum absolute atomic E-state index is 12.6. The molecule has 0 saturated carbocycles. The van der Waals surface area contributed by atoms with Gasteiger partial charge in [-0.25, -0.2) is 27.4 Å². The third-order valence-electron chi connectivity index (χ3n) is 4.63. The monoisotopic (exact) mass is 530 g/mol. The molecule has 0 bridgehead atoms. The first-order chi connectivity index (χ1) is 16.6. The SMILES string of the molecule is NS(=O)(=O)c1ccc(-c2ccc(/C=N/NC(=O)c3ccccc3NS(=O)(=O)c3cccs3)o2)cc1. The fourth-order valence-electron chi connectivity index (χ4n) is 2.98. The Morgan fingerprint density at radius 1 is 0.943 bits per heavy atom. The summed E-state index contributed by atoms with van der Waals surface area (Å²) in [7, 11) is -7.62. The molecule has 1 amide bonds. The lowest BCUT2D eigenvalue weighted by Crippen LogP contribution is -2.21. The van der Waals surface area contributed by atoms with E-state index in [9.17, 15) is 21.6 Å². The van der Waals surface area contributed by atoms with Gasteiger partial charge in [0, 0.05) is 5.56 Å². The van der Waals surface area contributed by atoms with Crippen LogP contribution in [0.5, 0.6) is 0 Å². The smallest absolute Gasteiger partial charge is 0.273 e. The van der Waals surface area contributed by atoms with Gasteiger partial charge < -0.3 is 4.42 Å². The molecule has 0 aliphatic rings. The molecule has 0 unspecified atom stereocenters. The van der Waals surface area contributed by atoms with Crippen LogP contribution in [0.25, 0.3) is 11.3 Å². The third kappa shape index (κ3) is 5.84. The minimum atomic E-state index is -3.83. The van der Waals surface area contributed by atoms with Crippen LogP contribution < -0.4 is 15.3 Å². The number of sulfonamides is 2. The first-order valence-corrected chi connectivity index (χ1v) is 13.8. The maximum atomic E-state index is 12.6. The summed E-state index contributed by atoms with van der Waals surface area (Å²) in [5, 5.41) is 10.6. The fraction of sp³-hybridized carbons (Fsp3) is 0. The molecule has 2 heterocycles. The number of hydrogen-bond donors (Lipinski definition) is 3. The zero-order valence-corrected chi connectivity index (χ0v) is 20.2. The summed E-state index contributed by atoms with van der Waals surface area (Å²) in [5.74, 6) is 0.144. The van der Waals surface area contributed by atoms with Crippen molar-refractivity contribution in [1.82, 2.24) is 5.43 Å². The molecule has 180 valence electrons. The second-order valence-electron chi connectivity index (χ2n) is 7.05. The number of primary sulfonamides is 1. The Kier molecular flexibility index (Phi) is 6.84. The molecule has 0 spiro atoms. The van der Waals surface area contributed by atoms with Crippen molar-refractivity contribution in [1.29, 1.82) is 0 Å². The summed E-state index contributed by atoms with van der Waals surface area (Å²) < 4.78 is 56.0. The molecule has 2 aromatic carbocycles. The summed E-state index contributed by atoms with van der Waals surface area (Å²) in [4.78, 5) is 12.6. The summed E-state index contributed by atoms with van der Waals surface area (Å²) in [6.45, 7) is 0. The van der Waals surface area contributed by atoms with Crippen LogP contribution in [0.4, 0.5) is 5.69 Å². The van der Waals surface area contributed by atoms with Gasteiger partial charge in [0.1, 0.15) is 15.7 Å². The van der Waals surface area contributed by atoms with Gasteiger partial charge in [-0.05, 0) is 60.0 Å². The third-order valence-corrected chi connectivity index (χ3v) is 8.32. The maximum Gasteiger partial charge on any atom is 0.273 e. The summed E-state index contributed by atoms with van der Waals surface area (Å²) in [6.07, 6.45) is 1.28. The molecule has 4 N–H and O–H groups in total. The van der Waals surface area contributed by atoms with Gasteiger partial charge in [-0.1, -0.05) is 18.2 Å². The predicted molar refractivity (Wildman–Crippen MR) is 132 cm³/mol. The lowest BCUT2D eigenvalue weighted by atomic mass is 10.2.